The molecule has 3 N–H and O–H groups in total. The first-order chi connectivity index (χ1) is 9.38. The summed E-state index contributed by atoms with van der Waals surface area (Å²) in [6.07, 6.45) is 1.93. The molecule has 1 aliphatic heterocycles. The van der Waals surface area contributed by atoms with E-state index in [1.807, 2.05) is 0 Å². The molecule has 1 heterocycles. The summed E-state index contributed by atoms with van der Waals surface area (Å²) >= 11 is 0. The maximum Gasteiger partial charge on any atom is 0.240 e. The Labute approximate surface area is 119 Å². The van der Waals surface area contributed by atoms with E-state index in [4.69, 9.17) is 5.73 Å². The van der Waals surface area contributed by atoms with Gasteiger partial charge in [-0.25, -0.2) is 17.5 Å². The molecule has 112 valence electrons. The SMILES string of the molecule is CN1CCC(CNS(=O)(=O)c2ccc(N)c(F)c2)CC1. The summed E-state index contributed by atoms with van der Waals surface area (Å²) in [6, 6.07) is 3.53. The fourth-order valence-electron chi connectivity index (χ4n) is 2.25. The van der Waals surface area contributed by atoms with Gasteiger partial charge in [-0.2, -0.15) is 0 Å². The smallest absolute Gasteiger partial charge is 0.240 e. The van der Waals surface area contributed by atoms with Gasteiger partial charge in [0, 0.05) is 6.54 Å². The van der Waals surface area contributed by atoms with E-state index in [2.05, 4.69) is 16.7 Å². The lowest BCUT2D eigenvalue weighted by Crippen LogP contribution is -2.36. The van der Waals surface area contributed by atoms with Gasteiger partial charge in [-0.3, -0.25) is 0 Å². The molecule has 0 unspecified atom stereocenters. The summed E-state index contributed by atoms with van der Waals surface area (Å²) in [5, 5.41) is 0. The molecule has 0 spiro atoms. The van der Waals surface area contributed by atoms with Gasteiger partial charge in [-0.05, 0) is 57.1 Å². The second-order valence-corrected chi connectivity index (χ2v) is 7.05. The van der Waals surface area contributed by atoms with Gasteiger partial charge in [-0.1, -0.05) is 0 Å². The third kappa shape index (κ3) is 3.68. The van der Waals surface area contributed by atoms with Gasteiger partial charge in [0.1, 0.15) is 5.82 Å². The first kappa shape index (κ1) is 15.2. The topological polar surface area (TPSA) is 75.4 Å². The molecule has 20 heavy (non-hydrogen) atoms. The van der Waals surface area contributed by atoms with Crippen LogP contribution in [-0.2, 0) is 10.0 Å². The lowest BCUT2D eigenvalue weighted by molar-refractivity contribution is 0.220. The molecule has 7 heteroatoms. The summed E-state index contributed by atoms with van der Waals surface area (Å²) in [5.74, 6) is -0.383. The molecule has 1 aromatic carbocycles. The number of halogens is 1. The van der Waals surface area contributed by atoms with Crippen molar-refractivity contribution in [2.75, 3.05) is 32.4 Å². The second-order valence-electron chi connectivity index (χ2n) is 5.28. The minimum absolute atomic E-state index is 0.0562. The Hall–Kier alpha value is -1.18. The van der Waals surface area contributed by atoms with E-state index in [1.54, 1.807) is 0 Å². The largest absolute Gasteiger partial charge is 0.396 e. The zero-order valence-electron chi connectivity index (χ0n) is 11.5. The molecule has 0 bridgehead atoms. The van der Waals surface area contributed by atoms with Crippen LogP contribution in [0.3, 0.4) is 0 Å². The number of nitrogen functional groups attached to an aromatic ring is 1. The number of nitrogens with one attached hydrogen (secondary N) is 1. The zero-order valence-corrected chi connectivity index (χ0v) is 12.3. The summed E-state index contributed by atoms with van der Waals surface area (Å²) in [4.78, 5) is 2.14. The molecule has 5 nitrogen and oxygen atoms in total. The third-order valence-electron chi connectivity index (χ3n) is 3.68. The summed E-state index contributed by atoms with van der Waals surface area (Å²) in [5.41, 5.74) is 5.28. The number of anilines is 1. The van der Waals surface area contributed by atoms with Gasteiger partial charge in [0.15, 0.2) is 0 Å². The zero-order chi connectivity index (χ0) is 14.8. The quantitative estimate of drug-likeness (QED) is 0.815. The van der Waals surface area contributed by atoms with Gasteiger partial charge >= 0.3 is 0 Å². The standard InChI is InChI=1S/C13H20FN3O2S/c1-17-6-4-10(5-7-17)9-16-20(18,19)11-2-3-13(15)12(14)8-11/h2-3,8,10,16H,4-7,9,15H2,1H3. The minimum atomic E-state index is -3.67. The molecule has 1 aromatic rings. The van der Waals surface area contributed by atoms with Crippen LogP contribution in [0.5, 0.6) is 0 Å². The van der Waals surface area contributed by atoms with E-state index in [-0.39, 0.29) is 10.6 Å². The molecule has 0 amide bonds. The van der Waals surface area contributed by atoms with Crippen LogP contribution in [0.4, 0.5) is 10.1 Å². The molecular weight excluding hydrogens is 281 g/mol. The maximum absolute atomic E-state index is 13.3. The first-order valence-corrected chi connectivity index (χ1v) is 8.10. The van der Waals surface area contributed by atoms with E-state index >= 15 is 0 Å². The predicted octanol–water partition coefficient (Wildman–Crippen LogP) is 1.03. The van der Waals surface area contributed by atoms with Crippen molar-refractivity contribution in [1.82, 2.24) is 9.62 Å². The lowest BCUT2D eigenvalue weighted by atomic mass is 9.98. The number of sulfonamides is 1. The van der Waals surface area contributed by atoms with Crippen molar-refractivity contribution in [1.29, 1.82) is 0 Å². The Morgan fingerprint density at radius 2 is 2.05 bits per heavy atom. The van der Waals surface area contributed by atoms with Gasteiger partial charge in [-0.15, -0.1) is 0 Å². The number of nitrogens with two attached hydrogens (primary N) is 1. The molecule has 0 aromatic heterocycles. The molecule has 0 atom stereocenters. The van der Waals surface area contributed by atoms with Gasteiger partial charge in [0.25, 0.3) is 0 Å². The highest BCUT2D eigenvalue weighted by Crippen LogP contribution is 2.18. The Kier molecular flexibility index (Phi) is 4.62. The van der Waals surface area contributed by atoms with Crippen LogP contribution in [0.25, 0.3) is 0 Å². The molecule has 0 radical (unpaired) electrons. The van der Waals surface area contributed by atoms with E-state index in [9.17, 15) is 12.8 Å². The van der Waals surface area contributed by atoms with E-state index < -0.39 is 15.8 Å². The fraction of sp³-hybridized carbons (Fsp3) is 0.538. The van der Waals surface area contributed by atoms with Crippen LogP contribution in [0.2, 0.25) is 0 Å². The number of benzene rings is 1. The Morgan fingerprint density at radius 3 is 2.65 bits per heavy atom. The van der Waals surface area contributed by atoms with Crippen LogP contribution in [0, 0.1) is 11.7 Å². The van der Waals surface area contributed by atoms with Crippen molar-refractivity contribution in [3.05, 3.63) is 24.0 Å². The van der Waals surface area contributed by atoms with E-state index in [0.717, 1.165) is 32.0 Å². The highest BCUT2D eigenvalue weighted by Gasteiger charge is 2.21. The summed E-state index contributed by atoms with van der Waals surface area (Å²) in [7, 11) is -1.62. The Bertz CT molecular complexity index is 569. The molecule has 1 aliphatic rings. The number of nitrogens with zero attached hydrogens (tertiary/aromatic N) is 1. The van der Waals surface area contributed by atoms with Crippen molar-refractivity contribution in [2.24, 2.45) is 5.92 Å². The Balaban J connectivity index is 1.98. The molecular formula is C13H20FN3O2S. The van der Waals surface area contributed by atoms with Gasteiger partial charge in [0.05, 0.1) is 10.6 Å². The second kappa shape index (κ2) is 6.07. The van der Waals surface area contributed by atoms with Crippen molar-refractivity contribution in [2.45, 2.75) is 17.7 Å². The lowest BCUT2D eigenvalue weighted by Gasteiger charge is -2.28. The van der Waals surface area contributed by atoms with Crippen LogP contribution in [-0.4, -0.2) is 40.0 Å². The van der Waals surface area contributed by atoms with Crippen molar-refractivity contribution < 1.29 is 12.8 Å². The Morgan fingerprint density at radius 1 is 1.40 bits per heavy atom. The summed E-state index contributed by atoms with van der Waals surface area (Å²) in [6.45, 7) is 2.34. The molecule has 1 saturated heterocycles. The highest BCUT2D eigenvalue weighted by molar-refractivity contribution is 7.89. The van der Waals surface area contributed by atoms with E-state index in [1.165, 1.54) is 12.1 Å². The normalized spacial score (nSPS) is 18.3. The van der Waals surface area contributed by atoms with Crippen LogP contribution < -0.4 is 10.5 Å². The number of hydrogen-bond donors (Lipinski definition) is 2. The monoisotopic (exact) mass is 301 g/mol. The molecule has 0 aliphatic carbocycles. The summed E-state index contributed by atoms with van der Waals surface area (Å²) < 4.78 is 40.0. The number of likely N-dealkylation sites (tertiary alicyclic amines) is 1. The number of hydrogen-bond acceptors (Lipinski definition) is 4. The number of rotatable bonds is 4. The van der Waals surface area contributed by atoms with E-state index in [0.29, 0.717) is 12.5 Å². The van der Waals surface area contributed by atoms with Crippen LogP contribution in [0.1, 0.15) is 12.8 Å². The minimum Gasteiger partial charge on any atom is -0.396 e. The molecule has 1 fully saturated rings. The average Bonchev–Trinajstić information content (AvgIpc) is 2.41. The van der Waals surface area contributed by atoms with Gasteiger partial charge < -0.3 is 10.6 Å². The van der Waals surface area contributed by atoms with Crippen molar-refractivity contribution in [3.8, 4) is 0 Å². The first-order valence-electron chi connectivity index (χ1n) is 6.62. The highest BCUT2D eigenvalue weighted by atomic mass is 32.2. The third-order valence-corrected chi connectivity index (χ3v) is 5.10. The van der Waals surface area contributed by atoms with Crippen molar-refractivity contribution >= 4 is 15.7 Å². The van der Waals surface area contributed by atoms with Crippen molar-refractivity contribution in [3.63, 3.8) is 0 Å². The van der Waals surface area contributed by atoms with Gasteiger partial charge in [0.2, 0.25) is 10.0 Å². The number of piperidine rings is 1. The van der Waals surface area contributed by atoms with Crippen LogP contribution >= 0.6 is 0 Å². The molecule has 0 saturated carbocycles. The molecule has 2 rings (SSSR count). The fourth-order valence-corrected chi connectivity index (χ4v) is 3.38. The predicted molar refractivity (Wildman–Crippen MR) is 76.2 cm³/mol. The average molecular weight is 301 g/mol. The maximum atomic E-state index is 13.3. The van der Waals surface area contributed by atoms with Crippen LogP contribution in [0.15, 0.2) is 23.1 Å².